The number of nitriles is 1. The quantitative estimate of drug-likeness (QED) is 0.363. The second-order valence-corrected chi connectivity index (χ2v) is 1.97. The first-order valence-corrected chi connectivity index (χ1v) is 3.35. The number of nitrogens with zero attached hydrogens (tertiary/aromatic N) is 1. The summed E-state index contributed by atoms with van der Waals surface area (Å²) in [6.07, 6.45) is 1.75. The second-order valence-electron chi connectivity index (χ2n) is 1.97. The van der Waals surface area contributed by atoms with E-state index in [0.29, 0.717) is 6.42 Å². The second kappa shape index (κ2) is 4.40. The molecule has 0 bridgehead atoms. The molecule has 0 aromatic carbocycles. The van der Waals surface area contributed by atoms with Crippen molar-refractivity contribution < 1.29 is 10.2 Å². The molecular weight excluding hydrogens is 142 g/mol. The van der Waals surface area contributed by atoms with Gasteiger partial charge in [0.2, 0.25) is 0 Å². The lowest BCUT2D eigenvalue weighted by Crippen LogP contribution is -1.91. The molecule has 60 valence electrons. The van der Waals surface area contributed by atoms with E-state index in [0.717, 1.165) is 0 Å². The summed E-state index contributed by atoms with van der Waals surface area (Å²) < 4.78 is 0. The van der Waals surface area contributed by atoms with E-state index in [9.17, 15) is 0 Å². The number of hydrogen-bond donors (Lipinski definition) is 2. The first-order valence-electron chi connectivity index (χ1n) is 3.35. The normalized spacial score (nSPS) is 13.7. The van der Waals surface area contributed by atoms with Gasteiger partial charge in [0.25, 0.3) is 0 Å². The standard InChI is InChI=1S/C8H11NO2/c1-3-6(5-9)8(11)7(10)4-2/h4,10-11H,3H2,1-2H3/b7-4+,8-6-. The molecule has 0 unspecified atom stereocenters. The first-order chi connectivity index (χ1) is 5.17. The molecular formula is C8H11NO2. The largest absolute Gasteiger partial charge is 0.504 e. The van der Waals surface area contributed by atoms with E-state index < -0.39 is 0 Å². The monoisotopic (exact) mass is 153 g/mol. The van der Waals surface area contributed by atoms with Gasteiger partial charge in [-0.25, -0.2) is 0 Å². The highest BCUT2D eigenvalue weighted by atomic mass is 16.3. The van der Waals surface area contributed by atoms with Crippen LogP contribution in [0.5, 0.6) is 0 Å². The average molecular weight is 153 g/mol. The summed E-state index contributed by atoms with van der Waals surface area (Å²) in [4.78, 5) is 0. The van der Waals surface area contributed by atoms with Crippen molar-refractivity contribution in [1.29, 1.82) is 5.26 Å². The molecule has 3 nitrogen and oxygen atoms in total. The van der Waals surface area contributed by atoms with Crippen molar-refractivity contribution in [2.24, 2.45) is 0 Å². The van der Waals surface area contributed by atoms with Gasteiger partial charge >= 0.3 is 0 Å². The highest BCUT2D eigenvalue weighted by Gasteiger charge is 2.05. The number of rotatable bonds is 2. The molecule has 0 aliphatic carbocycles. The molecule has 0 amide bonds. The molecule has 0 aromatic heterocycles. The van der Waals surface area contributed by atoms with E-state index in [-0.39, 0.29) is 17.1 Å². The van der Waals surface area contributed by atoms with Gasteiger partial charge in [-0.15, -0.1) is 0 Å². The van der Waals surface area contributed by atoms with Crippen LogP contribution >= 0.6 is 0 Å². The van der Waals surface area contributed by atoms with Gasteiger partial charge in [0.15, 0.2) is 11.5 Å². The Balaban J connectivity index is 4.80. The predicted octanol–water partition coefficient (Wildman–Crippen LogP) is 2.19. The zero-order valence-corrected chi connectivity index (χ0v) is 6.63. The summed E-state index contributed by atoms with van der Waals surface area (Å²) in [5.74, 6) is -0.569. The SMILES string of the molecule is C/C=C(O)\C(O)=C(\C#N)CC. The van der Waals surface area contributed by atoms with Gasteiger partial charge in [0, 0.05) is 0 Å². The van der Waals surface area contributed by atoms with Crippen molar-refractivity contribution >= 4 is 0 Å². The molecule has 0 spiro atoms. The topological polar surface area (TPSA) is 64.2 Å². The molecule has 0 atom stereocenters. The third-order valence-corrected chi connectivity index (χ3v) is 1.29. The summed E-state index contributed by atoms with van der Waals surface area (Å²) in [6, 6.07) is 1.80. The minimum atomic E-state index is -0.322. The van der Waals surface area contributed by atoms with Crippen LogP contribution in [0.25, 0.3) is 0 Å². The third-order valence-electron chi connectivity index (χ3n) is 1.29. The minimum absolute atomic E-state index is 0.195. The number of aliphatic hydroxyl groups excluding tert-OH is 2. The van der Waals surface area contributed by atoms with E-state index in [4.69, 9.17) is 15.5 Å². The van der Waals surface area contributed by atoms with Gasteiger partial charge in [-0.05, 0) is 19.4 Å². The van der Waals surface area contributed by atoms with Crippen LogP contribution < -0.4 is 0 Å². The molecule has 0 heterocycles. The van der Waals surface area contributed by atoms with Gasteiger partial charge < -0.3 is 10.2 Å². The number of hydrogen-bond acceptors (Lipinski definition) is 3. The molecule has 11 heavy (non-hydrogen) atoms. The zero-order chi connectivity index (χ0) is 8.85. The Morgan fingerprint density at radius 2 is 2.09 bits per heavy atom. The Labute approximate surface area is 65.9 Å². The molecule has 0 saturated heterocycles. The fourth-order valence-corrected chi connectivity index (χ4v) is 0.591. The molecule has 0 fully saturated rings. The lowest BCUT2D eigenvalue weighted by atomic mass is 10.2. The lowest BCUT2D eigenvalue weighted by molar-refractivity contribution is 0.322. The fraction of sp³-hybridized carbons (Fsp3) is 0.375. The fourth-order valence-electron chi connectivity index (χ4n) is 0.591. The molecule has 0 rings (SSSR count). The van der Waals surface area contributed by atoms with Gasteiger partial charge in [-0.1, -0.05) is 6.92 Å². The van der Waals surface area contributed by atoms with E-state index in [1.807, 2.05) is 0 Å². The zero-order valence-electron chi connectivity index (χ0n) is 6.63. The van der Waals surface area contributed by atoms with Crippen LogP contribution in [0.1, 0.15) is 20.3 Å². The molecule has 0 aliphatic heterocycles. The Kier molecular flexibility index (Phi) is 3.82. The predicted molar refractivity (Wildman–Crippen MR) is 41.9 cm³/mol. The Bertz CT molecular complexity index is 233. The van der Waals surface area contributed by atoms with Crippen LogP contribution in [0.3, 0.4) is 0 Å². The van der Waals surface area contributed by atoms with E-state index >= 15 is 0 Å². The molecule has 0 aliphatic rings. The van der Waals surface area contributed by atoms with Crippen molar-refractivity contribution in [1.82, 2.24) is 0 Å². The van der Waals surface area contributed by atoms with Crippen molar-refractivity contribution in [2.45, 2.75) is 20.3 Å². The Hall–Kier alpha value is -1.43. The van der Waals surface area contributed by atoms with Crippen molar-refractivity contribution in [3.05, 3.63) is 23.2 Å². The maximum atomic E-state index is 9.12. The van der Waals surface area contributed by atoms with Crippen LogP contribution in [0.2, 0.25) is 0 Å². The van der Waals surface area contributed by atoms with Crippen molar-refractivity contribution in [2.75, 3.05) is 0 Å². The Morgan fingerprint density at radius 3 is 2.36 bits per heavy atom. The minimum Gasteiger partial charge on any atom is -0.504 e. The lowest BCUT2D eigenvalue weighted by Gasteiger charge is -1.99. The third kappa shape index (κ3) is 2.34. The van der Waals surface area contributed by atoms with Gasteiger partial charge in [0.05, 0.1) is 11.6 Å². The van der Waals surface area contributed by atoms with Gasteiger partial charge in [-0.2, -0.15) is 5.26 Å². The summed E-state index contributed by atoms with van der Waals surface area (Å²) in [6.45, 7) is 3.31. The smallest absolute Gasteiger partial charge is 0.171 e. The summed E-state index contributed by atoms with van der Waals surface area (Å²) in [5, 5.41) is 26.5. The molecule has 0 radical (unpaired) electrons. The maximum absolute atomic E-state index is 9.12. The molecule has 3 heteroatoms. The van der Waals surface area contributed by atoms with E-state index in [1.54, 1.807) is 19.9 Å². The molecule has 2 N–H and O–H groups in total. The van der Waals surface area contributed by atoms with Crippen LogP contribution in [0, 0.1) is 11.3 Å². The van der Waals surface area contributed by atoms with Gasteiger partial charge in [0.1, 0.15) is 0 Å². The molecule has 0 aromatic rings. The van der Waals surface area contributed by atoms with Crippen LogP contribution in [-0.2, 0) is 0 Å². The van der Waals surface area contributed by atoms with Gasteiger partial charge in [-0.3, -0.25) is 0 Å². The number of allylic oxidation sites excluding steroid dienone is 2. The highest BCUT2D eigenvalue weighted by Crippen LogP contribution is 2.11. The van der Waals surface area contributed by atoms with Crippen molar-refractivity contribution in [3.63, 3.8) is 0 Å². The summed E-state index contributed by atoms with van der Waals surface area (Å²) >= 11 is 0. The van der Waals surface area contributed by atoms with E-state index in [2.05, 4.69) is 0 Å². The maximum Gasteiger partial charge on any atom is 0.171 e. The summed E-state index contributed by atoms with van der Waals surface area (Å²) in [5.41, 5.74) is 0.195. The van der Waals surface area contributed by atoms with Crippen LogP contribution in [0.15, 0.2) is 23.2 Å². The van der Waals surface area contributed by atoms with Crippen molar-refractivity contribution in [3.8, 4) is 6.07 Å². The average Bonchev–Trinajstić information content (AvgIpc) is 2.05. The first kappa shape index (κ1) is 9.57. The van der Waals surface area contributed by atoms with Crippen LogP contribution in [-0.4, -0.2) is 10.2 Å². The highest BCUT2D eigenvalue weighted by molar-refractivity contribution is 5.32. The summed E-state index contributed by atoms with van der Waals surface area (Å²) in [7, 11) is 0. The number of aliphatic hydroxyl groups is 2. The Morgan fingerprint density at radius 1 is 1.55 bits per heavy atom. The van der Waals surface area contributed by atoms with E-state index in [1.165, 1.54) is 6.08 Å². The van der Waals surface area contributed by atoms with Crippen LogP contribution in [0.4, 0.5) is 0 Å². The molecule has 0 saturated carbocycles.